The van der Waals surface area contributed by atoms with Crippen molar-refractivity contribution < 1.29 is 4.65 Å². The summed E-state index contributed by atoms with van der Waals surface area (Å²) in [6, 6.07) is 11.3. The van der Waals surface area contributed by atoms with Gasteiger partial charge in [-0.05, 0) is 29.2 Å². The highest BCUT2D eigenvalue weighted by Crippen LogP contribution is 2.32. The fourth-order valence-corrected chi connectivity index (χ4v) is 2.46. The van der Waals surface area contributed by atoms with Gasteiger partial charge in [-0.25, -0.2) is 0 Å². The lowest BCUT2D eigenvalue weighted by Crippen LogP contribution is -2.23. The highest BCUT2D eigenvalue weighted by molar-refractivity contribution is 6.67. The van der Waals surface area contributed by atoms with Crippen molar-refractivity contribution in [3.05, 3.63) is 64.8 Å². The van der Waals surface area contributed by atoms with Crippen LogP contribution in [-0.2, 0) is 11.3 Å². The highest BCUT2D eigenvalue weighted by atomic mass is 16.4. The maximum atomic E-state index is 7.12. The van der Waals surface area contributed by atoms with Crippen LogP contribution in [0.5, 0.6) is 0 Å². The van der Waals surface area contributed by atoms with Crippen molar-refractivity contribution in [1.82, 2.24) is 0 Å². The summed E-state index contributed by atoms with van der Waals surface area (Å²) in [7, 11) is 0. The molecule has 1 aliphatic heterocycles. The van der Waals surface area contributed by atoms with Gasteiger partial charge in [0.05, 0.1) is 19.8 Å². The summed E-state index contributed by atoms with van der Waals surface area (Å²) in [6.45, 7) is 17.0. The Hall–Kier alpha value is -2.76. The molecule has 0 atom stereocenters. The summed E-state index contributed by atoms with van der Waals surface area (Å²) in [5, 5.41) is 3.27. The maximum Gasteiger partial charge on any atom is 0.324 e. The average Bonchev–Trinajstić information content (AvgIpc) is 2.88. The molecule has 0 aromatic heterocycles. The minimum atomic E-state index is 0.153. The molecule has 3 rings (SSSR count). The van der Waals surface area contributed by atoms with Crippen molar-refractivity contribution in [3.8, 4) is 0 Å². The fraction of sp³-hybridized carbons (Fsp3) is 0.125. The number of nitrogens with zero attached hydrogens (tertiary/aromatic N) is 2. The third kappa shape index (κ3) is 2.47. The van der Waals surface area contributed by atoms with Gasteiger partial charge in [0.15, 0.2) is 11.4 Å². The zero-order chi connectivity index (χ0) is 14.8. The lowest BCUT2D eigenvalue weighted by Gasteiger charge is -2.09. The smallest absolute Gasteiger partial charge is 0.324 e. The predicted octanol–water partition coefficient (Wildman–Crippen LogP) is 3.89. The van der Waals surface area contributed by atoms with E-state index >= 15 is 0 Å². The lowest BCUT2D eigenvalue weighted by molar-refractivity contribution is 0.334. The molecule has 0 amide bonds. The van der Waals surface area contributed by atoms with Crippen molar-refractivity contribution in [2.24, 2.45) is 0 Å². The number of rotatable bonds is 2. The first-order valence-electron chi connectivity index (χ1n) is 6.61. The number of fused-ring (bicyclic) bond motifs is 1. The molecule has 0 unspecified atom stereocenters. The fourth-order valence-electron chi connectivity index (χ4n) is 2.46. The van der Waals surface area contributed by atoms with Crippen LogP contribution in [0.3, 0.4) is 0 Å². The van der Waals surface area contributed by atoms with Crippen LogP contribution >= 0.6 is 0 Å². The topological polar surface area (TPSA) is 30.0 Å². The minimum absolute atomic E-state index is 0.153. The van der Waals surface area contributed by atoms with Crippen LogP contribution in [0.2, 0.25) is 6.82 Å². The van der Waals surface area contributed by atoms with Crippen LogP contribution in [0.15, 0.2) is 36.4 Å². The molecule has 100 valence electrons. The Morgan fingerprint density at radius 2 is 1.76 bits per heavy atom. The van der Waals surface area contributed by atoms with Gasteiger partial charge in [-0.15, -0.1) is 0 Å². The standard InChI is InChI=1S/C16H12BN3O/c1-17-14-6-4-12(8-11(14)10-21-17)20-13-5-7-15(18-2)16(9-13)19-3/h4-9,20H,10H2,1H3. The van der Waals surface area contributed by atoms with Gasteiger partial charge in [-0.1, -0.05) is 25.0 Å². The van der Waals surface area contributed by atoms with E-state index in [1.165, 1.54) is 11.0 Å². The first-order valence-corrected chi connectivity index (χ1v) is 6.61. The predicted molar refractivity (Wildman–Crippen MR) is 84.7 cm³/mol. The summed E-state index contributed by atoms with van der Waals surface area (Å²) in [5.41, 5.74) is 4.93. The van der Waals surface area contributed by atoms with Crippen LogP contribution in [-0.4, -0.2) is 6.92 Å². The largest absolute Gasteiger partial charge is 0.427 e. The van der Waals surface area contributed by atoms with E-state index in [0.29, 0.717) is 18.0 Å². The molecule has 0 bridgehead atoms. The van der Waals surface area contributed by atoms with Gasteiger partial charge < -0.3 is 9.97 Å². The third-order valence-electron chi connectivity index (χ3n) is 3.57. The van der Waals surface area contributed by atoms with Crippen LogP contribution < -0.4 is 10.8 Å². The van der Waals surface area contributed by atoms with Crippen LogP contribution in [0.1, 0.15) is 5.56 Å². The first-order chi connectivity index (χ1) is 10.2. The quantitative estimate of drug-likeness (QED) is 0.664. The van der Waals surface area contributed by atoms with E-state index in [2.05, 4.69) is 27.1 Å². The summed E-state index contributed by atoms with van der Waals surface area (Å²) < 4.78 is 5.59. The molecule has 5 heteroatoms. The Morgan fingerprint density at radius 1 is 1.05 bits per heavy atom. The Morgan fingerprint density at radius 3 is 2.52 bits per heavy atom. The Kier molecular flexibility index (Phi) is 3.35. The van der Waals surface area contributed by atoms with Gasteiger partial charge in [-0.3, -0.25) is 9.69 Å². The molecule has 0 saturated carbocycles. The van der Waals surface area contributed by atoms with E-state index in [1.54, 1.807) is 12.1 Å². The van der Waals surface area contributed by atoms with Crippen molar-refractivity contribution in [2.75, 3.05) is 5.32 Å². The first kappa shape index (κ1) is 13.2. The van der Waals surface area contributed by atoms with E-state index in [9.17, 15) is 0 Å². The monoisotopic (exact) mass is 273 g/mol. The third-order valence-corrected chi connectivity index (χ3v) is 3.57. The molecule has 2 aromatic rings. The second kappa shape index (κ2) is 5.32. The second-order valence-corrected chi connectivity index (χ2v) is 4.92. The zero-order valence-electron chi connectivity index (χ0n) is 11.6. The summed E-state index contributed by atoms with van der Waals surface area (Å²) in [4.78, 5) is 6.72. The molecule has 0 aliphatic carbocycles. The molecule has 1 N–H and O–H groups in total. The van der Waals surface area contributed by atoms with E-state index in [4.69, 9.17) is 17.8 Å². The summed E-state index contributed by atoms with van der Waals surface area (Å²) >= 11 is 0. The number of anilines is 2. The molecule has 4 nitrogen and oxygen atoms in total. The van der Waals surface area contributed by atoms with E-state index < -0.39 is 0 Å². The molecule has 0 radical (unpaired) electrons. The van der Waals surface area contributed by atoms with E-state index in [1.807, 2.05) is 19.0 Å². The highest BCUT2D eigenvalue weighted by Gasteiger charge is 2.22. The van der Waals surface area contributed by atoms with Crippen molar-refractivity contribution in [2.45, 2.75) is 13.4 Å². The molecule has 1 aliphatic rings. The lowest BCUT2D eigenvalue weighted by atomic mass is 9.64. The molecule has 21 heavy (non-hydrogen) atoms. The average molecular weight is 273 g/mol. The van der Waals surface area contributed by atoms with Crippen LogP contribution in [0.25, 0.3) is 9.69 Å². The van der Waals surface area contributed by atoms with Crippen LogP contribution in [0, 0.1) is 13.1 Å². The molecule has 0 saturated heterocycles. The Bertz CT molecular complexity index is 789. The normalized spacial score (nSPS) is 12.4. The van der Waals surface area contributed by atoms with Gasteiger partial charge in [0, 0.05) is 11.4 Å². The SMILES string of the molecule is [C-]#[N+]c1ccc(Nc2ccc3c(c2)COB3C)cc1[N+]#[C-]. The van der Waals surface area contributed by atoms with Gasteiger partial charge in [-0.2, -0.15) is 0 Å². The number of hydrogen-bond acceptors (Lipinski definition) is 2. The van der Waals surface area contributed by atoms with Crippen molar-refractivity contribution in [1.29, 1.82) is 0 Å². The van der Waals surface area contributed by atoms with Gasteiger partial charge >= 0.3 is 6.92 Å². The van der Waals surface area contributed by atoms with Crippen molar-refractivity contribution >= 4 is 35.1 Å². The Balaban J connectivity index is 1.88. The number of benzene rings is 2. The molecular weight excluding hydrogens is 261 g/mol. The molecule has 0 spiro atoms. The van der Waals surface area contributed by atoms with E-state index in [-0.39, 0.29) is 6.92 Å². The molecule has 1 heterocycles. The maximum absolute atomic E-state index is 7.12. The van der Waals surface area contributed by atoms with Gasteiger partial charge in [0.1, 0.15) is 0 Å². The minimum Gasteiger partial charge on any atom is -0.427 e. The molecule has 2 aromatic carbocycles. The molecular formula is C16H12BN3O. The van der Waals surface area contributed by atoms with Crippen molar-refractivity contribution in [3.63, 3.8) is 0 Å². The number of nitrogens with one attached hydrogen (secondary N) is 1. The Labute approximate surface area is 124 Å². The summed E-state index contributed by atoms with van der Waals surface area (Å²) in [5.74, 6) is 0. The summed E-state index contributed by atoms with van der Waals surface area (Å²) in [6.07, 6.45) is 0. The van der Waals surface area contributed by atoms with Crippen LogP contribution in [0.4, 0.5) is 22.7 Å². The molecule has 0 fully saturated rings. The number of hydrogen-bond donors (Lipinski definition) is 1. The van der Waals surface area contributed by atoms with E-state index in [0.717, 1.165) is 11.4 Å². The second-order valence-electron chi connectivity index (χ2n) is 4.92. The van der Waals surface area contributed by atoms with Gasteiger partial charge in [0.25, 0.3) is 0 Å². The zero-order valence-corrected chi connectivity index (χ0v) is 11.6. The van der Waals surface area contributed by atoms with Gasteiger partial charge in [0.2, 0.25) is 0 Å².